The van der Waals surface area contributed by atoms with Gasteiger partial charge in [-0.15, -0.1) is 0 Å². The van der Waals surface area contributed by atoms with Crippen molar-refractivity contribution in [1.82, 2.24) is 0 Å². The minimum atomic E-state index is -3.29. The molecule has 0 bridgehead atoms. The fraction of sp³-hybridized carbons (Fsp3) is 0.316. The Labute approximate surface area is 162 Å². The number of rotatable bonds is 4. The van der Waals surface area contributed by atoms with Gasteiger partial charge in [0.05, 0.1) is 28.5 Å². The molecule has 2 amide bonds. The first-order chi connectivity index (χ1) is 13.3. The third-order valence-electron chi connectivity index (χ3n) is 5.33. The number of carbonyl (C=O) groups is 1. The number of hydrogen-bond donors (Lipinski definition) is 0. The van der Waals surface area contributed by atoms with Crippen LogP contribution in [0.3, 0.4) is 0 Å². The SMILES string of the molecule is CCc1ccc(N2C(=O)N(c3ccc([N+](=O)[O-])cc3)[C@H]3CS(=O)(=O)C[C@H]32)cc1. The smallest absolute Gasteiger partial charge is 0.288 e. The maximum absolute atomic E-state index is 13.2. The lowest BCUT2D eigenvalue weighted by molar-refractivity contribution is -0.384. The first kappa shape index (κ1) is 18.4. The largest absolute Gasteiger partial charge is 0.329 e. The van der Waals surface area contributed by atoms with Gasteiger partial charge in [-0.05, 0) is 36.2 Å². The second-order valence-electron chi connectivity index (χ2n) is 7.03. The van der Waals surface area contributed by atoms with Crippen LogP contribution in [0.1, 0.15) is 12.5 Å². The van der Waals surface area contributed by atoms with Gasteiger partial charge in [-0.25, -0.2) is 13.2 Å². The van der Waals surface area contributed by atoms with Gasteiger partial charge in [0, 0.05) is 23.5 Å². The van der Waals surface area contributed by atoms with Crippen molar-refractivity contribution in [2.45, 2.75) is 25.4 Å². The summed E-state index contributed by atoms with van der Waals surface area (Å²) in [7, 11) is -3.29. The van der Waals surface area contributed by atoms with Crippen LogP contribution >= 0.6 is 0 Å². The molecule has 2 aromatic carbocycles. The van der Waals surface area contributed by atoms with E-state index in [1.54, 1.807) is 0 Å². The molecule has 2 aromatic rings. The molecule has 2 saturated heterocycles. The number of non-ortho nitro benzene ring substituents is 1. The molecule has 146 valence electrons. The fourth-order valence-corrected chi connectivity index (χ4v) is 5.85. The van der Waals surface area contributed by atoms with Crippen LogP contribution in [0, 0.1) is 10.1 Å². The number of fused-ring (bicyclic) bond motifs is 1. The maximum atomic E-state index is 13.2. The number of nitro benzene ring substituents is 1. The molecule has 0 spiro atoms. The van der Waals surface area contributed by atoms with Gasteiger partial charge in [0.15, 0.2) is 9.84 Å². The lowest BCUT2D eigenvalue weighted by Crippen LogP contribution is -2.37. The Morgan fingerprint density at radius 3 is 1.86 bits per heavy atom. The van der Waals surface area contributed by atoms with E-state index in [9.17, 15) is 23.3 Å². The number of nitro groups is 1. The Balaban J connectivity index is 1.74. The molecule has 4 rings (SSSR count). The molecule has 0 N–H and O–H groups in total. The summed E-state index contributed by atoms with van der Waals surface area (Å²) >= 11 is 0. The van der Waals surface area contributed by atoms with E-state index in [2.05, 4.69) is 0 Å². The van der Waals surface area contributed by atoms with Crippen molar-refractivity contribution in [3.63, 3.8) is 0 Å². The third kappa shape index (κ3) is 3.01. The van der Waals surface area contributed by atoms with Gasteiger partial charge in [-0.2, -0.15) is 0 Å². The number of benzene rings is 2. The summed E-state index contributed by atoms with van der Waals surface area (Å²) in [6.45, 7) is 2.03. The van der Waals surface area contributed by atoms with E-state index in [4.69, 9.17) is 0 Å². The standard InChI is InChI=1S/C19H19N3O5S/c1-2-13-3-5-14(6-4-13)20-17-11-28(26,27)12-18(17)21(19(20)23)15-7-9-16(10-8-15)22(24)25/h3-10,17-18H,2,11-12H2,1H3/t17-,18+/m1/s1. The zero-order chi connectivity index (χ0) is 20.1. The number of hydrogen-bond acceptors (Lipinski definition) is 5. The summed E-state index contributed by atoms with van der Waals surface area (Å²) in [5.74, 6) is -0.216. The second kappa shape index (κ2) is 6.59. The molecule has 8 nitrogen and oxygen atoms in total. The molecule has 2 aliphatic heterocycles. The summed E-state index contributed by atoms with van der Waals surface area (Å²) in [6.07, 6.45) is 0.865. The lowest BCUT2D eigenvalue weighted by Gasteiger charge is -2.22. The number of amides is 2. The number of urea groups is 1. The quantitative estimate of drug-likeness (QED) is 0.445. The Kier molecular flexibility index (Phi) is 4.34. The molecule has 2 aliphatic rings. The van der Waals surface area contributed by atoms with Crippen molar-refractivity contribution in [3.05, 3.63) is 64.2 Å². The van der Waals surface area contributed by atoms with Crippen LogP contribution in [-0.2, 0) is 16.3 Å². The van der Waals surface area contributed by atoms with Gasteiger partial charge in [0.2, 0.25) is 0 Å². The summed E-state index contributed by atoms with van der Waals surface area (Å²) in [5.41, 5.74) is 2.14. The highest BCUT2D eigenvalue weighted by Gasteiger charge is 2.54. The Bertz CT molecular complexity index is 1030. The van der Waals surface area contributed by atoms with Crippen molar-refractivity contribution < 1.29 is 18.1 Å². The van der Waals surface area contributed by atoms with E-state index in [0.717, 1.165) is 12.0 Å². The monoisotopic (exact) mass is 401 g/mol. The van der Waals surface area contributed by atoms with Crippen LogP contribution in [0.2, 0.25) is 0 Å². The van der Waals surface area contributed by atoms with Crippen LogP contribution in [0.5, 0.6) is 0 Å². The summed E-state index contributed by atoms with van der Waals surface area (Å²) < 4.78 is 24.6. The molecule has 2 atom stereocenters. The van der Waals surface area contributed by atoms with Gasteiger partial charge >= 0.3 is 6.03 Å². The highest BCUT2D eigenvalue weighted by molar-refractivity contribution is 7.91. The Morgan fingerprint density at radius 1 is 0.964 bits per heavy atom. The topological polar surface area (TPSA) is 101 Å². The normalized spacial score (nSPS) is 23.1. The minimum Gasteiger partial charge on any atom is -0.288 e. The molecule has 2 heterocycles. The highest BCUT2D eigenvalue weighted by atomic mass is 32.2. The fourth-order valence-electron chi connectivity index (χ4n) is 3.93. The summed E-state index contributed by atoms with van der Waals surface area (Å²) in [5, 5.41) is 10.9. The average molecular weight is 401 g/mol. The van der Waals surface area contributed by atoms with Crippen LogP contribution < -0.4 is 9.80 Å². The van der Waals surface area contributed by atoms with Crippen molar-refractivity contribution >= 4 is 32.9 Å². The molecule has 0 saturated carbocycles. The van der Waals surface area contributed by atoms with E-state index in [1.165, 1.54) is 34.1 Å². The first-order valence-electron chi connectivity index (χ1n) is 8.97. The van der Waals surface area contributed by atoms with Crippen molar-refractivity contribution in [2.75, 3.05) is 21.3 Å². The molecule has 28 heavy (non-hydrogen) atoms. The van der Waals surface area contributed by atoms with Crippen LogP contribution in [-0.4, -0.2) is 43.0 Å². The molecule has 0 aliphatic carbocycles. The molecular weight excluding hydrogens is 382 g/mol. The molecule has 0 aromatic heterocycles. The number of anilines is 2. The predicted molar refractivity (Wildman–Crippen MR) is 106 cm³/mol. The van der Waals surface area contributed by atoms with E-state index in [-0.39, 0.29) is 23.2 Å². The molecule has 0 radical (unpaired) electrons. The lowest BCUT2D eigenvalue weighted by atomic mass is 10.1. The van der Waals surface area contributed by atoms with Gasteiger partial charge in [0.1, 0.15) is 0 Å². The van der Waals surface area contributed by atoms with Crippen LogP contribution in [0.4, 0.5) is 21.9 Å². The Morgan fingerprint density at radius 2 is 1.43 bits per heavy atom. The molecular formula is C19H19N3O5S. The van der Waals surface area contributed by atoms with Gasteiger partial charge < -0.3 is 0 Å². The summed E-state index contributed by atoms with van der Waals surface area (Å²) in [4.78, 5) is 26.6. The second-order valence-corrected chi connectivity index (χ2v) is 9.18. The van der Waals surface area contributed by atoms with E-state index < -0.39 is 26.8 Å². The Hall–Kier alpha value is -2.94. The highest BCUT2D eigenvalue weighted by Crippen LogP contribution is 2.38. The zero-order valence-corrected chi connectivity index (χ0v) is 16.0. The maximum Gasteiger partial charge on any atom is 0.329 e. The molecule has 9 heteroatoms. The summed E-state index contributed by atoms with van der Waals surface area (Å²) in [6, 6.07) is 11.8. The van der Waals surface area contributed by atoms with Gasteiger partial charge in [-0.1, -0.05) is 19.1 Å². The minimum absolute atomic E-state index is 0.0852. The number of aryl methyl sites for hydroxylation is 1. The van der Waals surface area contributed by atoms with Crippen molar-refractivity contribution in [3.8, 4) is 0 Å². The van der Waals surface area contributed by atoms with Gasteiger partial charge in [-0.3, -0.25) is 19.9 Å². The van der Waals surface area contributed by atoms with Gasteiger partial charge in [0.25, 0.3) is 5.69 Å². The van der Waals surface area contributed by atoms with Crippen molar-refractivity contribution in [2.24, 2.45) is 0 Å². The van der Waals surface area contributed by atoms with Crippen LogP contribution in [0.25, 0.3) is 0 Å². The molecule has 2 fully saturated rings. The number of carbonyl (C=O) groups excluding carboxylic acids is 1. The van der Waals surface area contributed by atoms with Crippen LogP contribution in [0.15, 0.2) is 48.5 Å². The van der Waals surface area contributed by atoms with E-state index >= 15 is 0 Å². The first-order valence-corrected chi connectivity index (χ1v) is 10.8. The average Bonchev–Trinajstić information content (AvgIpc) is 3.10. The van der Waals surface area contributed by atoms with E-state index in [0.29, 0.717) is 11.4 Å². The predicted octanol–water partition coefficient (Wildman–Crippen LogP) is 2.77. The third-order valence-corrected chi connectivity index (χ3v) is 7.03. The number of sulfone groups is 1. The van der Waals surface area contributed by atoms with E-state index in [1.807, 2.05) is 31.2 Å². The van der Waals surface area contributed by atoms with Crippen molar-refractivity contribution in [1.29, 1.82) is 0 Å². The number of nitrogens with zero attached hydrogens (tertiary/aromatic N) is 3. The molecule has 0 unspecified atom stereocenters. The zero-order valence-electron chi connectivity index (χ0n) is 15.2.